The van der Waals surface area contributed by atoms with Gasteiger partial charge in [0.05, 0.1) is 11.2 Å². The monoisotopic (exact) mass is 365 g/mol. The number of hydrogen-bond donors (Lipinski definition) is 0. The van der Waals surface area contributed by atoms with Crippen LogP contribution in [0, 0.1) is 0 Å². The Morgan fingerprint density at radius 2 is 1.89 bits per heavy atom. The smallest absolute Gasteiger partial charge is 0.255 e. The molecule has 6 nitrogen and oxygen atoms in total. The number of nitrogens with zero attached hydrogens (tertiary/aromatic N) is 3. The number of amides is 2. The Morgan fingerprint density at radius 1 is 1.15 bits per heavy atom. The van der Waals surface area contributed by atoms with Gasteiger partial charge in [0, 0.05) is 39.6 Å². The zero-order chi connectivity index (χ0) is 19.0. The van der Waals surface area contributed by atoms with Crippen LogP contribution in [0.3, 0.4) is 0 Å². The normalized spacial score (nSPS) is 20.4. The van der Waals surface area contributed by atoms with Crippen molar-refractivity contribution in [2.75, 3.05) is 27.2 Å². The van der Waals surface area contributed by atoms with E-state index in [1.165, 1.54) is 0 Å². The number of carbonyl (C=O) groups is 2. The quantitative estimate of drug-likeness (QED) is 0.820. The zero-order valence-corrected chi connectivity index (χ0v) is 15.6. The van der Waals surface area contributed by atoms with Crippen molar-refractivity contribution in [3.05, 3.63) is 65.5 Å². The molecule has 3 heterocycles. The second-order valence-corrected chi connectivity index (χ2v) is 7.35. The number of fused-ring (bicyclic) bond motifs is 2. The number of piperidine rings is 1. The van der Waals surface area contributed by atoms with Crippen LogP contribution < -0.4 is 0 Å². The summed E-state index contributed by atoms with van der Waals surface area (Å²) in [6, 6.07) is 11.5. The Labute approximate surface area is 158 Å². The maximum atomic E-state index is 12.7. The Balaban J connectivity index is 1.56. The topological polar surface area (TPSA) is 62.7 Å². The molecular formula is C21H23N3O3. The van der Waals surface area contributed by atoms with Crippen LogP contribution in [0.5, 0.6) is 0 Å². The second-order valence-electron chi connectivity index (χ2n) is 7.35. The molecule has 4 rings (SSSR count). The summed E-state index contributed by atoms with van der Waals surface area (Å²) in [7, 11) is 3.49. The maximum absolute atomic E-state index is 12.7. The Kier molecular flexibility index (Phi) is 4.44. The molecule has 27 heavy (non-hydrogen) atoms. The summed E-state index contributed by atoms with van der Waals surface area (Å²) >= 11 is 0. The summed E-state index contributed by atoms with van der Waals surface area (Å²) in [5.41, 5.74) is 2.13. The highest BCUT2D eigenvalue weighted by atomic mass is 16.5. The summed E-state index contributed by atoms with van der Waals surface area (Å²) in [5.74, 6) is -0.0571. The number of benzene rings is 1. The first-order valence-electron chi connectivity index (χ1n) is 9.19. The Hall–Kier alpha value is -2.73. The van der Waals surface area contributed by atoms with Crippen LogP contribution in [0.4, 0.5) is 0 Å². The van der Waals surface area contributed by atoms with Crippen molar-refractivity contribution in [1.82, 2.24) is 14.8 Å². The molecule has 0 radical (unpaired) electrons. The number of pyridine rings is 1. The Bertz CT molecular complexity index is 858. The SMILES string of the molecule is CN(C)C(=O)[C@H]1OC2(CCN(C(=O)c3cccnc3)CC2)c2ccccc21. The van der Waals surface area contributed by atoms with E-state index in [9.17, 15) is 9.59 Å². The highest BCUT2D eigenvalue weighted by Crippen LogP contribution is 2.49. The van der Waals surface area contributed by atoms with Crippen LogP contribution in [0.25, 0.3) is 0 Å². The van der Waals surface area contributed by atoms with E-state index in [0.717, 1.165) is 11.1 Å². The molecule has 6 heteroatoms. The highest BCUT2D eigenvalue weighted by Gasteiger charge is 2.49. The summed E-state index contributed by atoms with van der Waals surface area (Å²) < 4.78 is 6.38. The fraction of sp³-hybridized carbons (Fsp3) is 0.381. The highest BCUT2D eigenvalue weighted by molar-refractivity contribution is 5.94. The van der Waals surface area contributed by atoms with Crippen LogP contribution in [0.1, 0.15) is 40.4 Å². The van der Waals surface area contributed by atoms with Crippen molar-refractivity contribution >= 4 is 11.8 Å². The first-order chi connectivity index (χ1) is 13.0. The standard InChI is InChI=1S/C21H23N3O3/c1-23(2)20(26)18-16-7-3-4-8-17(16)21(27-18)9-12-24(13-10-21)19(25)15-6-5-11-22-14-15/h3-8,11,14,18H,9-10,12-13H2,1-2H3/t18-/m0/s1. The molecule has 0 aliphatic carbocycles. The molecule has 0 saturated carbocycles. The van der Waals surface area contributed by atoms with Gasteiger partial charge in [-0.1, -0.05) is 24.3 Å². The van der Waals surface area contributed by atoms with Crippen molar-refractivity contribution in [3.63, 3.8) is 0 Å². The Morgan fingerprint density at radius 3 is 2.56 bits per heavy atom. The van der Waals surface area contributed by atoms with Gasteiger partial charge < -0.3 is 14.5 Å². The lowest BCUT2D eigenvalue weighted by Crippen LogP contribution is -2.45. The van der Waals surface area contributed by atoms with Crippen LogP contribution in [-0.2, 0) is 15.1 Å². The number of hydrogen-bond acceptors (Lipinski definition) is 4. The third kappa shape index (κ3) is 3.00. The molecule has 2 aliphatic heterocycles. The third-order valence-electron chi connectivity index (χ3n) is 5.51. The van der Waals surface area contributed by atoms with E-state index in [4.69, 9.17) is 4.74 Å². The minimum Gasteiger partial charge on any atom is -0.352 e. The summed E-state index contributed by atoms with van der Waals surface area (Å²) in [6.45, 7) is 1.18. The van der Waals surface area contributed by atoms with E-state index in [0.29, 0.717) is 31.5 Å². The molecular weight excluding hydrogens is 342 g/mol. The van der Waals surface area contributed by atoms with Crippen molar-refractivity contribution < 1.29 is 14.3 Å². The van der Waals surface area contributed by atoms with E-state index < -0.39 is 11.7 Å². The van der Waals surface area contributed by atoms with Gasteiger partial charge in [-0.25, -0.2) is 0 Å². The van der Waals surface area contributed by atoms with E-state index in [2.05, 4.69) is 11.1 Å². The second kappa shape index (κ2) is 6.78. The van der Waals surface area contributed by atoms with E-state index in [1.807, 2.05) is 23.1 Å². The van der Waals surface area contributed by atoms with E-state index in [1.54, 1.807) is 43.5 Å². The van der Waals surface area contributed by atoms with Gasteiger partial charge in [0.15, 0.2) is 6.10 Å². The molecule has 1 fully saturated rings. The third-order valence-corrected chi connectivity index (χ3v) is 5.51. The number of carbonyl (C=O) groups excluding carboxylic acids is 2. The number of rotatable bonds is 2. The van der Waals surface area contributed by atoms with Crippen LogP contribution >= 0.6 is 0 Å². The molecule has 1 aromatic carbocycles. The minimum atomic E-state index is -0.572. The van der Waals surface area contributed by atoms with Crippen LogP contribution in [0.2, 0.25) is 0 Å². The number of aromatic nitrogens is 1. The van der Waals surface area contributed by atoms with Gasteiger partial charge in [-0.15, -0.1) is 0 Å². The zero-order valence-electron chi connectivity index (χ0n) is 15.6. The van der Waals surface area contributed by atoms with Crippen molar-refractivity contribution in [1.29, 1.82) is 0 Å². The maximum Gasteiger partial charge on any atom is 0.255 e. The predicted molar refractivity (Wildman–Crippen MR) is 100 cm³/mol. The molecule has 1 aromatic heterocycles. The number of ether oxygens (including phenoxy) is 1. The van der Waals surface area contributed by atoms with E-state index >= 15 is 0 Å². The molecule has 1 atom stereocenters. The van der Waals surface area contributed by atoms with Gasteiger partial charge in [-0.05, 0) is 36.1 Å². The molecule has 2 aliphatic rings. The van der Waals surface area contributed by atoms with Gasteiger partial charge in [-0.3, -0.25) is 14.6 Å². The average Bonchev–Trinajstić information content (AvgIpc) is 3.02. The van der Waals surface area contributed by atoms with Gasteiger partial charge in [0.25, 0.3) is 11.8 Å². The summed E-state index contributed by atoms with van der Waals surface area (Å²) in [4.78, 5) is 32.8. The fourth-order valence-corrected chi connectivity index (χ4v) is 4.04. The van der Waals surface area contributed by atoms with E-state index in [-0.39, 0.29) is 11.8 Å². The lowest BCUT2D eigenvalue weighted by atomic mass is 9.83. The molecule has 2 amide bonds. The predicted octanol–water partition coefficient (Wildman–Crippen LogP) is 2.37. The molecule has 1 saturated heterocycles. The molecule has 0 unspecified atom stereocenters. The van der Waals surface area contributed by atoms with Crippen LogP contribution in [-0.4, -0.2) is 53.8 Å². The largest absolute Gasteiger partial charge is 0.352 e. The lowest BCUT2D eigenvalue weighted by Gasteiger charge is -2.39. The van der Waals surface area contributed by atoms with Gasteiger partial charge in [0.2, 0.25) is 0 Å². The van der Waals surface area contributed by atoms with Gasteiger partial charge >= 0.3 is 0 Å². The van der Waals surface area contributed by atoms with Crippen molar-refractivity contribution in [2.24, 2.45) is 0 Å². The van der Waals surface area contributed by atoms with Gasteiger partial charge in [-0.2, -0.15) is 0 Å². The summed E-state index contributed by atoms with van der Waals surface area (Å²) in [5, 5.41) is 0. The number of likely N-dealkylation sites (tertiary alicyclic amines) is 1. The minimum absolute atomic E-state index is 0.00912. The molecule has 140 valence electrons. The molecule has 0 N–H and O–H groups in total. The fourth-order valence-electron chi connectivity index (χ4n) is 4.04. The molecule has 1 spiro atoms. The first-order valence-corrected chi connectivity index (χ1v) is 9.19. The van der Waals surface area contributed by atoms with Crippen molar-refractivity contribution in [2.45, 2.75) is 24.5 Å². The number of likely N-dealkylation sites (N-methyl/N-ethyl adjacent to an activating group) is 1. The lowest BCUT2D eigenvalue weighted by molar-refractivity contribution is -0.157. The molecule has 0 bridgehead atoms. The average molecular weight is 365 g/mol. The van der Waals surface area contributed by atoms with Crippen molar-refractivity contribution in [3.8, 4) is 0 Å². The summed E-state index contributed by atoms with van der Waals surface area (Å²) in [6.07, 6.45) is 4.03. The van der Waals surface area contributed by atoms with Gasteiger partial charge in [0.1, 0.15) is 0 Å². The first kappa shape index (κ1) is 17.7. The van der Waals surface area contributed by atoms with Crippen LogP contribution in [0.15, 0.2) is 48.8 Å². The molecule has 2 aromatic rings.